The number of ether oxygens (including phenoxy) is 1. The summed E-state index contributed by atoms with van der Waals surface area (Å²) in [6.07, 6.45) is 3.99. The van der Waals surface area contributed by atoms with Crippen LogP contribution >= 0.6 is 0 Å². The number of amides is 1. The first-order valence-electron chi connectivity index (χ1n) is 10.4. The molecule has 0 spiro atoms. The lowest BCUT2D eigenvalue weighted by Crippen LogP contribution is -2.50. The van der Waals surface area contributed by atoms with Gasteiger partial charge in [-0.15, -0.1) is 0 Å². The SMILES string of the molecule is CC1(C)C2CCC1(C)C(NC(=O)CC[N+](C)(C)CC(=O)Oc1ccccc1)C2. The van der Waals surface area contributed by atoms with Gasteiger partial charge in [0.1, 0.15) is 5.75 Å². The van der Waals surface area contributed by atoms with Gasteiger partial charge in [0, 0.05) is 6.04 Å². The van der Waals surface area contributed by atoms with Gasteiger partial charge in [-0.3, -0.25) is 4.79 Å². The van der Waals surface area contributed by atoms with E-state index in [0.29, 0.717) is 34.5 Å². The third-order valence-corrected chi connectivity index (χ3v) is 7.61. The summed E-state index contributed by atoms with van der Waals surface area (Å²) in [5.74, 6) is 1.08. The van der Waals surface area contributed by atoms with Crippen LogP contribution in [0.15, 0.2) is 30.3 Å². The van der Waals surface area contributed by atoms with Gasteiger partial charge in [0.2, 0.25) is 5.91 Å². The molecule has 2 bridgehead atoms. The van der Waals surface area contributed by atoms with E-state index in [1.807, 2.05) is 32.3 Å². The van der Waals surface area contributed by atoms with E-state index >= 15 is 0 Å². The highest BCUT2D eigenvalue weighted by molar-refractivity contribution is 5.76. The summed E-state index contributed by atoms with van der Waals surface area (Å²) in [7, 11) is 3.92. The number of carbonyl (C=O) groups excluding carboxylic acids is 2. The van der Waals surface area contributed by atoms with Gasteiger partial charge in [-0.25, -0.2) is 4.79 Å². The zero-order valence-electron chi connectivity index (χ0n) is 18.0. The van der Waals surface area contributed by atoms with Gasteiger partial charge in [-0.05, 0) is 48.1 Å². The van der Waals surface area contributed by atoms with Crippen molar-refractivity contribution in [1.82, 2.24) is 5.32 Å². The van der Waals surface area contributed by atoms with Gasteiger partial charge in [0.15, 0.2) is 6.54 Å². The Morgan fingerprint density at radius 3 is 2.43 bits per heavy atom. The highest BCUT2D eigenvalue weighted by Crippen LogP contribution is 2.65. The number of likely N-dealkylation sites (N-methyl/N-ethyl adjacent to an activating group) is 1. The molecular formula is C23H35N2O3+. The number of rotatable bonds is 7. The van der Waals surface area contributed by atoms with Crippen LogP contribution in [-0.4, -0.2) is 49.6 Å². The Hall–Kier alpha value is -1.88. The molecule has 1 aromatic rings. The lowest BCUT2D eigenvalue weighted by molar-refractivity contribution is -0.882. The third kappa shape index (κ3) is 4.09. The molecule has 0 aromatic heterocycles. The number of fused-ring (bicyclic) bond motifs is 2. The molecule has 0 aliphatic heterocycles. The number of carbonyl (C=O) groups is 2. The molecule has 2 aliphatic rings. The molecule has 0 heterocycles. The fraction of sp³-hybridized carbons (Fsp3) is 0.652. The van der Waals surface area contributed by atoms with Crippen LogP contribution in [0.4, 0.5) is 0 Å². The second kappa shape index (κ2) is 7.51. The first kappa shape index (κ1) is 20.8. The summed E-state index contributed by atoms with van der Waals surface area (Å²) in [4.78, 5) is 24.8. The standard InChI is InChI=1S/C23H34N2O3/c1-22(2)17-11-13-23(22,3)19(15-17)24-20(26)12-14-25(4,5)16-21(27)28-18-9-7-6-8-10-18/h6-10,17,19H,11-16H2,1-5H3/p+1. The van der Waals surface area contributed by atoms with Crippen molar-refractivity contribution in [1.29, 1.82) is 0 Å². The summed E-state index contributed by atoms with van der Waals surface area (Å²) >= 11 is 0. The molecule has 28 heavy (non-hydrogen) atoms. The van der Waals surface area contributed by atoms with E-state index in [0.717, 1.165) is 6.42 Å². The number of quaternary nitrogens is 1. The number of benzene rings is 1. The van der Waals surface area contributed by atoms with E-state index in [9.17, 15) is 9.59 Å². The van der Waals surface area contributed by atoms with Crippen LogP contribution in [0.25, 0.3) is 0 Å². The molecule has 3 atom stereocenters. The lowest BCUT2D eigenvalue weighted by Gasteiger charge is -2.39. The molecule has 5 heteroatoms. The van der Waals surface area contributed by atoms with Crippen LogP contribution in [0.5, 0.6) is 5.75 Å². The van der Waals surface area contributed by atoms with E-state index < -0.39 is 0 Å². The number of nitrogens with zero attached hydrogens (tertiary/aromatic N) is 1. The van der Waals surface area contributed by atoms with Crippen LogP contribution in [-0.2, 0) is 9.59 Å². The van der Waals surface area contributed by atoms with Crippen LogP contribution in [0, 0.1) is 16.7 Å². The van der Waals surface area contributed by atoms with Gasteiger partial charge in [0.05, 0.1) is 27.1 Å². The van der Waals surface area contributed by atoms with E-state index in [-0.39, 0.29) is 29.9 Å². The molecular weight excluding hydrogens is 352 g/mol. The number of esters is 1. The summed E-state index contributed by atoms with van der Waals surface area (Å²) in [5.41, 5.74) is 0.485. The lowest BCUT2D eigenvalue weighted by atomic mass is 9.69. The normalized spacial score (nSPS) is 28.2. The summed E-state index contributed by atoms with van der Waals surface area (Å²) in [5, 5.41) is 3.31. The first-order chi connectivity index (χ1) is 13.0. The van der Waals surface area contributed by atoms with Crippen molar-refractivity contribution < 1.29 is 18.8 Å². The third-order valence-electron chi connectivity index (χ3n) is 7.61. The Labute approximate surface area is 169 Å². The van der Waals surface area contributed by atoms with Crippen molar-refractivity contribution >= 4 is 11.9 Å². The monoisotopic (exact) mass is 387 g/mol. The second-order valence-electron chi connectivity index (χ2n) is 10.1. The molecule has 2 aliphatic carbocycles. The minimum atomic E-state index is -0.279. The van der Waals surface area contributed by atoms with Crippen molar-refractivity contribution in [3.63, 3.8) is 0 Å². The average Bonchev–Trinajstić information content (AvgIpc) is 2.94. The maximum atomic E-state index is 12.6. The molecule has 5 nitrogen and oxygen atoms in total. The molecule has 1 aromatic carbocycles. The number of hydrogen-bond acceptors (Lipinski definition) is 3. The van der Waals surface area contributed by atoms with Crippen LogP contribution < -0.4 is 10.1 Å². The maximum absolute atomic E-state index is 12.6. The Kier molecular flexibility index (Phi) is 5.59. The Morgan fingerprint density at radius 1 is 1.18 bits per heavy atom. The van der Waals surface area contributed by atoms with Crippen molar-refractivity contribution in [2.45, 2.75) is 52.5 Å². The van der Waals surface area contributed by atoms with E-state index in [4.69, 9.17) is 4.74 Å². The number of nitrogens with one attached hydrogen (secondary N) is 1. The fourth-order valence-electron chi connectivity index (χ4n) is 5.17. The Balaban J connectivity index is 1.47. The zero-order chi connectivity index (χ0) is 20.6. The maximum Gasteiger partial charge on any atom is 0.367 e. The summed E-state index contributed by atoms with van der Waals surface area (Å²) < 4.78 is 5.80. The van der Waals surface area contributed by atoms with Crippen LogP contribution in [0.2, 0.25) is 0 Å². The molecule has 2 saturated carbocycles. The van der Waals surface area contributed by atoms with Gasteiger partial charge < -0.3 is 14.5 Å². The smallest absolute Gasteiger partial charge is 0.367 e. The highest BCUT2D eigenvalue weighted by atomic mass is 16.5. The topological polar surface area (TPSA) is 55.4 Å². The molecule has 3 unspecified atom stereocenters. The summed E-state index contributed by atoms with van der Waals surface area (Å²) in [6.45, 7) is 7.89. The predicted molar refractivity (Wildman–Crippen MR) is 110 cm³/mol. The van der Waals surface area contributed by atoms with E-state index in [1.165, 1.54) is 12.8 Å². The quantitative estimate of drug-likeness (QED) is 0.443. The van der Waals surface area contributed by atoms with Crippen LogP contribution in [0.1, 0.15) is 46.5 Å². The molecule has 0 radical (unpaired) electrons. The average molecular weight is 388 g/mol. The molecule has 1 N–H and O–H groups in total. The second-order valence-corrected chi connectivity index (χ2v) is 10.1. The van der Waals surface area contributed by atoms with Crippen molar-refractivity contribution in [2.75, 3.05) is 27.2 Å². The minimum absolute atomic E-state index is 0.0946. The largest absolute Gasteiger partial charge is 0.422 e. The molecule has 154 valence electrons. The minimum Gasteiger partial charge on any atom is -0.422 e. The van der Waals surface area contributed by atoms with Gasteiger partial charge >= 0.3 is 5.97 Å². The Morgan fingerprint density at radius 2 is 1.86 bits per heavy atom. The van der Waals surface area contributed by atoms with Crippen LogP contribution in [0.3, 0.4) is 0 Å². The number of hydrogen-bond donors (Lipinski definition) is 1. The zero-order valence-corrected chi connectivity index (χ0v) is 18.0. The van der Waals surface area contributed by atoms with Crippen molar-refractivity contribution in [2.24, 2.45) is 16.7 Å². The fourth-order valence-corrected chi connectivity index (χ4v) is 5.17. The highest BCUT2D eigenvalue weighted by Gasteiger charge is 2.61. The molecule has 1 amide bonds. The molecule has 3 rings (SSSR count). The van der Waals surface area contributed by atoms with Gasteiger partial charge in [0.25, 0.3) is 0 Å². The van der Waals surface area contributed by atoms with Gasteiger partial charge in [-0.2, -0.15) is 0 Å². The first-order valence-corrected chi connectivity index (χ1v) is 10.4. The molecule has 2 fully saturated rings. The van der Waals surface area contributed by atoms with Crippen molar-refractivity contribution in [3.8, 4) is 5.75 Å². The van der Waals surface area contributed by atoms with E-state index in [2.05, 4.69) is 26.1 Å². The number of para-hydroxylation sites is 1. The molecule has 0 saturated heterocycles. The van der Waals surface area contributed by atoms with E-state index in [1.54, 1.807) is 12.1 Å². The van der Waals surface area contributed by atoms with Gasteiger partial charge in [-0.1, -0.05) is 39.0 Å². The van der Waals surface area contributed by atoms with Crippen molar-refractivity contribution in [3.05, 3.63) is 30.3 Å². The summed E-state index contributed by atoms with van der Waals surface area (Å²) in [6, 6.07) is 9.36. The Bertz CT molecular complexity index is 729. The predicted octanol–water partition coefficient (Wildman–Crippen LogP) is 3.39.